The molecule has 142 valence electrons. The summed E-state index contributed by atoms with van der Waals surface area (Å²) in [6.45, 7) is 2.20. The number of amides is 2. The fourth-order valence-corrected chi connectivity index (χ4v) is 2.91. The lowest BCUT2D eigenvalue weighted by Gasteiger charge is -2.14. The molecule has 6 heteroatoms. The highest BCUT2D eigenvalue weighted by Crippen LogP contribution is 2.15. The topological polar surface area (TPSA) is 71.1 Å². The van der Waals surface area contributed by atoms with Gasteiger partial charge in [0.15, 0.2) is 0 Å². The molecule has 2 amide bonds. The van der Waals surface area contributed by atoms with E-state index in [9.17, 15) is 9.59 Å². The molecule has 3 aromatic rings. The Hall–Kier alpha value is -3.18. The molecule has 1 aromatic heterocycles. The molecule has 1 heterocycles. The molecule has 0 aliphatic carbocycles. The number of hydrogen-bond donors (Lipinski definition) is 2. The minimum atomic E-state index is -0.336. The molecule has 0 spiro atoms. The molecule has 1 atom stereocenters. The summed E-state index contributed by atoms with van der Waals surface area (Å²) in [5, 5.41) is 6.29. The summed E-state index contributed by atoms with van der Waals surface area (Å²) in [6, 6.07) is 19.8. The van der Waals surface area contributed by atoms with Crippen LogP contribution in [-0.2, 0) is 6.54 Å². The maximum atomic E-state index is 12.5. The second kappa shape index (κ2) is 9.15. The van der Waals surface area contributed by atoms with Gasteiger partial charge in [0, 0.05) is 23.3 Å². The Balaban J connectivity index is 1.65. The minimum absolute atomic E-state index is 0.173. The van der Waals surface area contributed by atoms with Crippen molar-refractivity contribution in [1.82, 2.24) is 15.6 Å². The lowest BCUT2D eigenvalue weighted by molar-refractivity contribution is 0.0935. The van der Waals surface area contributed by atoms with Gasteiger partial charge in [-0.1, -0.05) is 60.1 Å². The fraction of sp³-hybridized carbons (Fsp3) is 0.136. The van der Waals surface area contributed by atoms with Crippen LogP contribution in [0, 0.1) is 0 Å². The van der Waals surface area contributed by atoms with E-state index in [0.29, 0.717) is 17.1 Å². The van der Waals surface area contributed by atoms with Gasteiger partial charge in [0.1, 0.15) is 5.69 Å². The van der Waals surface area contributed by atoms with Gasteiger partial charge in [-0.15, -0.1) is 0 Å². The number of rotatable bonds is 6. The number of aromatic nitrogens is 1. The molecule has 0 aliphatic heterocycles. The summed E-state index contributed by atoms with van der Waals surface area (Å²) in [4.78, 5) is 29.0. The van der Waals surface area contributed by atoms with Gasteiger partial charge in [-0.05, 0) is 36.2 Å². The molecule has 0 saturated carbocycles. The van der Waals surface area contributed by atoms with Gasteiger partial charge in [-0.25, -0.2) is 0 Å². The van der Waals surface area contributed by atoms with Crippen molar-refractivity contribution in [3.05, 3.63) is 100 Å². The summed E-state index contributed by atoms with van der Waals surface area (Å²) in [7, 11) is 0. The zero-order valence-corrected chi connectivity index (χ0v) is 16.1. The Bertz CT molecular complexity index is 976. The second-order valence-corrected chi connectivity index (χ2v) is 6.72. The molecule has 0 fully saturated rings. The van der Waals surface area contributed by atoms with Crippen LogP contribution < -0.4 is 10.6 Å². The number of benzene rings is 2. The van der Waals surface area contributed by atoms with E-state index in [1.165, 1.54) is 12.3 Å². The van der Waals surface area contributed by atoms with Gasteiger partial charge in [-0.3, -0.25) is 14.6 Å². The van der Waals surface area contributed by atoms with E-state index < -0.39 is 0 Å². The Morgan fingerprint density at radius 3 is 2.46 bits per heavy atom. The number of hydrogen-bond acceptors (Lipinski definition) is 3. The van der Waals surface area contributed by atoms with E-state index in [1.807, 2.05) is 55.5 Å². The number of carbonyl (C=O) groups is 2. The van der Waals surface area contributed by atoms with Crippen LogP contribution in [0.3, 0.4) is 0 Å². The number of carbonyl (C=O) groups excluding carboxylic acids is 2. The normalized spacial score (nSPS) is 11.5. The Morgan fingerprint density at radius 2 is 1.71 bits per heavy atom. The monoisotopic (exact) mass is 393 g/mol. The van der Waals surface area contributed by atoms with Crippen LogP contribution in [0.4, 0.5) is 0 Å². The Labute approximate surface area is 168 Å². The Kier molecular flexibility index (Phi) is 6.40. The van der Waals surface area contributed by atoms with Crippen LogP contribution >= 0.6 is 11.6 Å². The lowest BCUT2D eigenvalue weighted by Crippen LogP contribution is -2.28. The van der Waals surface area contributed by atoms with Crippen molar-refractivity contribution in [2.45, 2.75) is 19.5 Å². The lowest BCUT2D eigenvalue weighted by atomic mass is 10.1. The van der Waals surface area contributed by atoms with Crippen LogP contribution in [0.15, 0.2) is 72.9 Å². The summed E-state index contributed by atoms with van der Waals surface area (Å²) in [5.74, 6) is -0.635. The summed E-state index contributed by atoms with van der Waals surface area (Å²) in [5.41, 5.74) is 2.36. The maximum Gasteiger partial charge on any atom is 0.270 e. The van der Waals surface area contributed by atoms with Gasteiger partial charge in [-0.2, -0.15) is 0 Å². The number of nitrogens with zero attached hydrogens (tertiary/aromatic N) is 1. The summed E-state index contributed by atoms with van der Waals surface area (Å²) in [6.07, 6.45) is 1.45. The first-order valence-electron chi connectivity index (χ1n) is 8.88. The fourth-order valence-electron chi connectivity index (χ4n) is 2.71. The van der Waals surface area contributed by atoms with Crippen molar-refractivity contribution in [3.63, 3.8) is 0 Å². The third-order valence-corrected chi connectivity index (χ3v) is 4.67. The van der Waals surface area contributed by atoms with E-state index in [0.717, 1.165) is 11.1 Å². The predicted molar refractivity (Wildman–Crippen MR) is 109 cm³/mol. The first-order valence-corrected chi connectivity index (χ1v) is 9.26. The first kappa shape index (κ1) is 19.6. The second-order valence-electron chi connectivity index (χ2n) is 6.31. The quantitative estimate of drug-likeness (QED) is 0.660. The third kappa shape index (κ3) is 4.96. The average Bonchev–Trinajstić information content (AvgIpc) is 2.73. The molecule has 0 radical (unpaired) electrons. The average molecular weight is 394 g/mol. The number of halogens is 1. The predicted octanol–water partition coefficient (Wildman–Crippen LogP) is 4.16. The Morgan fingerprint density at radius 1 is 1.00 bits per heavy atom. The molecule has 28 heavy (non-hydrogen) atoms. The van der Waals surface area contributed by atoms with E-state index in [4.69, 9.17) is 11.6 Å². The molecule has 0 bridgehead atoms. The SMILES string of the molecule is CC(NC(=O)c1cc(C(=O)NCc2ccccc2Cl)ccn1)c1ccccc1. The van der Waals surface area contributed by atoms with Crippen molar-refractivity contribution in [2.75, 3.05) is 0 Å². The highest BCUT2D eigenvalue weighted by Gasteiger charge is 2.15. The molecule has 5 nitrogen and oxygen atoms in total. The van der Waals surface area contributed by atoms with Crippen LogP contribution in [0.5, 0.6) is 0 Å². The molecule has 2 N–H and O–H groups in total. The summed E-state index contributed by atoms with van der Waals surface area (Å²) < 4.78 is 0. The molecule has 3 rings (SSSR count). The van der Waals surface area contributed by atoms with Crippen molar-refractivity contribution in [1.29, 1.82) is 0 Å². The van der Waals surface area contributed by atoms with Gasteiger partial charge >= 0.3 is 0 Å². The van der Waals surface area contributed by atoms with Crippen molar-refractivity contribution < 1.29 is 9.59 Å². The van der Waals surface area contributed by atoms with Gasteiger partial charge in [0.2, 0.25) is 0 Å². The third-order valence-electron chi connectivity index (χ3n) is 4.30. The van der Waals surface area contributed by atoms with Crippen molar-refractivity contribution in [2.24, 2.45) is 0 Å². The smallest absolute Gasteiger partial charge is 0.270 e. The van der Waals surface area contributed by atoms with Gasteiger partial charge < -0.3 is 10.6 Å². The zero-order valence-electron chi connectivity index (χ0n) is 15.4. The molecule has 1 unspecified atom stereocenters. The van der Waals surface area contributed by atoms with E-state index in [2.05, 4.69) is 15.6 Å². The molecule has 0 saturated heterocycles. The molecule has 0 aliphatic rings. The van der Waals surface area contributed by atoms with E-state index in [1.54, 1.807) is 12.1 Å². The summed E-state index contributed by atoms with van der Waals surface area (Å²) >= 11 is 6.11. The van der Waals surface area contributed by atoms with Crippen LogP contribution in [0.25, 0.3) is 0 Å². The largest absolute Gasteiger partial charge is 0.348 e. The highest BCUT2D eigenvalue weighted by atomic mass is 35.5. The number of nitrogens with one attached hydrogen (secondary N) is 2. The van der Waals surface area contributed by atoms with Crippen LogP contribution in [-0.4, -0.2) is 16.8 Å². The standard InChI is InChI=1S/C22H20ClN3O2/c1-15(16-7-3-2-4-8-16)26-22(28)20-13-17(11-12-24-20)21(27)25-14-18-9-5-6-10-19(18)23/h2-13,15H,14H2,1H3,(H,25,27)(H,26,28). The van der Waals surface area contributed by atoms with Crippen molar-refractivity contribution >= 4 is 23.4 Å². The molecule has 2 aromatic carbocycles. The number of pyridine rings is 1. The van der Waals surface area contributed by atoms with Crippen LogP contribution in [0.1, 0.15) is 44.9 Å². The first-order chi connectivity index (χ1) is 13.5. The maximum absolute atomic E-state index is 12.5. The van der Waals surface area contributed by atoms with Crippen molar-refractivity contribution in [3.8, 4) is 0 Å². The molecular formula is C22H20ClN3O2. The van der Waals surface area contributed by atoms with Gasteiger partial charge in [0.05, 0.1) is 6.04 Å². The highest BCUT2D eigenvalue weighted by molar-refractivity contribution is 6.31. The minimum Gasteiger partial charge on any atom is -0.348 e. The zero-order chi connectivity index (χ0) is 19.9. The van der Waals surface area contributed by atoms with Crippen LogP contribution in [0.2, 0.25) is 5.02 Å². The van der Waals surface area contributed by atoms with E-state index >= 15 is 0 Å². The molecular weight excluding hydrogens is 374 g/mol. The van der Waals surface area contributed by atoms with Gasteiger partial charge in [0.25, 0.3) is 11.8 Å². The van der Waals surface area contributed by atoms with E-state index in [-0.39, 0.29) is 23.6 Å².